The Hall–Kier alpha value is -2.14. The van der Waals surface area contributed by atoms with E-state index < -0.39 is 17.2 Å². The molecule has 5 heteroatoms. The summed E-state index contributed by atoms with van der Waals surface area (Å²) in [5.41, 5.74) is -1.48. The van der Waals surface area contributed by atoms with Crippen molar-refractivity contribution in [3.63, 3.8) is 0 Å². The molecule has 0 bridgehead atoms. The number of halogens is 2. The minimum atomic E-state index is -1.70. The summed E-state index contributed by atoms with van der Waals surface area (Å²) >= 11 is 0. The van der Waals surface area contributed by atoms with Crippen LogP contribution in [0.25, 0.3) is 0 Å². The first kappa shape index (κ1) is 15.3. The molecule has 112 valence electrons. The fourth-order valence-electron chi connectivity index (χ4n) is 2.17. The molecule has 1 N–H and O–H groups in total. The minimum absolute atomic E-state index is 0.144. The number of hydrogen-bond acceptors (Lipinski definition) is 3. The Labute approximate surface area is 121 Å². The summed E-state index contributed by atoms with van der Waals surface area (Å²) in [7, 11) is 2.95. The number of hydrogen-bond donors (Lipinski definition) is 1. The summed E-state index contributed by atoms with van der Waals surface area (Å²) in [6.45, 7) is 1.39. The highest BCUT2D eigenvalue weighted by Gasteiger charge is 2.31. The second-order valence-electron chi connectivity index (χ2n) is 4.74. The van der Waals surface area contributed by atoms with Crippen molar-refractivity contribution in [1.82, 2.24) is 0 Å². The maximum atomic E-state index is 13.9. The van der Waals surface area contributed by atoms with Crippen LogP contribution in [0.3, 0.4) is 0 Å². The van der Waals surface area contributed by atoms with E-state index in [1.54, 1.807) is 12.1 Å². The molecule has 0 saturated carbocycles. The summed E-state index contributed by atoms with van der Waals surface area (Å²) in [5.74, 6) is -1.20. The number of aliphatic hydroxyl groups is 1. The summed E-state index contributed by atoms with van der Waals surface area (Å²) in [5, 5.41) is 10.6. The van der Waals surface area contributed by atoms with Crippen molar-refractivity contribution in [2.45, 2.75) is 12.5 Å². The van der Waals surface area contributed by atoms with Crippen LogP contribution in [0.15, 0.2) is 36.4 Å². The van der Waals surface area contributed by atoms with Crippen molar-refractivity contribution < 1.29 is 23.4 Å². The van der Waals surface area contributed by atoms with Crippen LogP contribution < -0.4 is 9.47 Å². The molecule has 0 saturated heterocycles. The number of benzene rings is 2. The average Bonchev–Trinajstić information content (AvgIpc) is 2.49. The smallest absolute Gasteiger partial charge is 0.165 e. The molecular formula is C16H16F2O3. The summed E-state index contributed by atoms with van der Waals surface area (Å²) in [6, 6.07) is 8.40. The molecule has 2 rings (SSSR count). The molecule has 0 heterocycles. The lowest BCUT2D eigenvalue weighted by Gasteiger charge is -2.26. The Morgan fingerprint density at radius 3 is 2.29 bits per heavy atom. The first-order chi connectivity index (χ1) is 9.91. The Morgan fingerprint density at radius 1 is 1.00 bits per heavy atom. The van der Waals surface area contributed by atoms with Crippen LogP contribution in [0.4, 0.5) is 8.78 Å². The second kappa shape index (κ2) is 5.69. The zero-order valence-electron chi connectivity index (χ0n) is 12.0. The third-order valence-corrected chi connectivity index (χ3v) is 3.42. The largest absolute Gasteiger partial charge is 0.493 e. The first-order valence-corrected chi connectivity index (χ1v) is 6.31. The molecule has 0 amide bonds. The van der Waals surface area contributed by atoms with Crippen molar-refractivity contribution >= 4 is 0 Å². The molecular weight excluding hydrogens is 278 g/mol. The van der Waals surface area contributed by atoms with Gasteiger partial charge in [-0.05, 0) is 30.7 Å². The molecule has 1 unspecified atom stereocenters. The van der Waals surface area contributed by atoms with Gasteiger partial charge in [-0.1, -0.05) is 18.2 Å². The highest BCUT2D eigenvalue weighted by Crippen LogP contribution is 2.36. The number of ether oxygens (including phenoxy) is 2. The van der Waals surface area contributed by atoms with Crippen LogP contribution in [0.5, 0.6) is 11.5 Å². The predicted octanol–water partition coefficient (Wildman–Crippen LogP) is 3.24. The van der Waals surface area contributed by atoms with Gasteiger partial charge in [0, 0.05) is 5.56 Å². The van der Waals surface area contributed by atoms with Crippen LogP contribution in [0.2, 0.25) is 0 Å². The topological polar surface area (TPSA) is 38.7 Å². The molecule has 2 aromatic rings. The van der Waals surface area contributed by atoms with Gasteiger partial charge in [0.15, 0.2) is 23.1 Å². The quantitative estimate of drug-likeness (QED) is 0.941. The number of rotatable bonds is 4. The number of methoxy groups -OCH3 is 2. The minimum Gasteiger partial charge on any atom is -0.493 e. The normalized spacial score (nSPS) is 13.6. The van der Waals surface area contributed by atoms with Crippen molar-refractivity contribution in [1.29, 1.82) is 0 Å². The monoisotopic (exact) mass is 294 g/mol. The summed E-state index contributed by atoms with van der Waals surface area (Å²) in [4.78, 5) is 0. The molecule has 0 aliphatic rings. The van der Waals surface area contributed by atoms with E-state index in [9.17, 15) is 13.9 Å². The molecule has 0 aliphatic heterocycles. The van der Waals surface area contributed by atoms with Gasteiger partial charge in [0.1, 0.15) is 5.60 Å². The van der Waals surface area contributed by atoms with Crippen molar-refractivity contribution in [2.24, 2.45) is 0 Å². The van der Waals surface area contributed by atoms with Crippen LogP contribution >= 0.6 is 0 Å². The Kier molecular flexibility index (Phi) is 4.14. The van der Waals surface area contributed by atoms with Gasteiger partial charge in [-0.15, -0.1) is 0 Å². The van der Waals surface area contributed by atoms with Crippen molar-refractivity contribution in [3.05, 3.63) is 59.2 Å². The summed E-state index contributed by atoms with van der Waals surface area (Å²) in [6.07, 6.45) is 0. The molecule has 3 nitrogen and oxygen atoms in total. The van der Waals surface area contributed by atoms with Gasteiger partial charge in [0.25, 0.3) is 0 Å². The van der Waals surface area contributed by atoms with Gasteiger partial charge < -0.3 is 14.6 Å². The van der Waals surface area contributed by atoms with E-state index in [0.29, 0.717) is 17.1 Å². The Balaban J connectivity index is 2.55. The molecule has 0 fully saturated rings. The maximum absolute atomic E-state index is 13.9. The SMILES string of the molecule is COc1ccc(C(C)(O)c2cccc(F)c2F)cc1OC. The highest BCUT2D eigenvalue weighted by molar-refractivity contribution is 5.47. The predicted molar refractivity (Wildman–Crippen MR) is 74.6 cm³/mol. The second-order valence-corrected chi connectivity index (χ2v) is 4.74. The third kappa shape index (κ3) is 2.69. The standard InChI is InChI=1S/C16H16F2O3/c1-16(19,11-5-4-6-12(17)15(11)18)10-7-8-13(20-2)14(9-10)21-3/h4-9,19H,1-3H3. The fourth-order valence-corrected chi connectivity index (χ4v) is 2.17. The van der Waals surface area contributed by atoms with Crippen LogP contribution in [-0.2, 0) is 5.60 Å². The van der Waals surface area contributed by atoms with Crippen LogP contribution in [0, 0.1) is 11.6 Å². The molecule has 21 heavy (non-hydrogen) atoms. The van der Waals surface area contributed by atoms with Gasteiger partial charge >= 0.3 is 0 Å². The molecule has 1 atom stereocenters. The Morgan fingerprint density at radius 2 is 1.67 bits per heavy atom. The van der Waals surface area contributed by atoms with E-state index in [4.69, 9.17) is 9.47 Å². The summed E-state index contributed by atoms with van der Waals surface area (Å²) < 4.78 is 37.5. The van der Waals surface area contributed by atoms with Gasteiger partial charge in [-0.2, -0.15) is 0 Å². The molecule has 0 aliphatic carbocycles. The third-order valence-electron chi connectivity index (χ3n) is 3.42. The van der Waals surface area contributed by atoms with E-state index in [1.807, 2.05) is 0 Å². The lowest BCUT2D eigenvalue weighted by molar-refractivity contribution is 0.0966. The zero-order valence-corrected chi connectivity index (χ0v) is 12.0. The Bertz CT molecular complexity index is 654. The lowest BCUT2D eigenvalue weighted by Crippen LogP contribution is -2.24. The highest BCUT2D eigenvalue weighted by atomic mass is 19.2. The van der Waals surface area contributed by atoms with Crippen LogP contribution in [0.1, 0.15) is 18.1 Å². The van der Waals surface area contributed by atoms with E-state index in [0.717, 1.165) is 6.07 Å². The first-order valence-electron chi connectivity index (χ1n) is 6.31. The fraction of sp³-hybridized carbons (Fsp3) is 0.250. The van der Waals surface area contributed by atoms with Gasteiger partial charge in [-0.25, -0.2) is 8.78 Å². The van der Waals surface area contributed by atoms with Gasteiger partial charge in [0.2, 0.25) is 0 Å². The van der Waals surface area contributed by atoms with E-state index >= 15 is 0 Å². The van der Waals surface area contributed by atoms with E-state index in [2.05, 4.69) is 0 Å². The molecule has 0 radical (unpaired) electrons. The van der Waals surface area contributed by atoms with Gasteiger partial charge in [0.05, 0.1) is 14.2 Å². The molecule has 0 aromatic heterocycles. The van der Waals surface area contributed by atoms with Crippen molar-refractivity contribution in [3.8, 4) is 11.5 Å². The lowest BCUT2D eigenvalue weighted by atomic mass is 9.87. The van der Waals surface area contributed by atoms with E-state index in [1.165, 1.54) is 39.3 Å². The van der Waals surface area contributed by atoms with Crippen LogP contribution in [-0.4, -0.2) is 19.3 Å². The molecule has 2 aromatic carbocycles. The van der Waals surface area contributed by atoms with E-state index in [-0.39, 0.29) is 5.56 Å². The molecule has 0 spiro atoms. The van der Waals surface area contributed by atoms with Crippen molar-refractivity contribution in [2.75, 3.05) is 14.2 Å². The zero-order chi connectivity index (χ0) is 15.6. The average molecular weight is 294 g/mol. The maximum Gasteiger partial charge on any atom is 0.165 e. The van der Waals surface area contributed by atoms with Gasteiger partial charge in [-0.3, -0.25) is 0 Å².